The van der Waals surface area contributed by atoms with Crippen LogP contribution in [0.4, 0.5) is 0 Å². The number of aromatic nitrogens is 1. The first-order valence-electron chi connectivity index (χ1n) is 7.51. The summed E-state index contributed by atoms with van der Waals surface area (Å²) >= 11 is 0. The van der Waals surface area contributed by atoms with Crippen LogP contribution in [-0.2, 0) is 4.74 Å². The number of benzene rings is 1. The van der Waals surface area contributed by atoms with Crippen molar-refractivity contribution in [3.8, 4) is 11.3 Å². The summed E-state index contributed by atoms with van der Waals surface area (Å²) in [5.41, 5.74) is 8.61. The van der Waals surface area contributed by atoms with Crippen LogP contribution in [0.2, 0.25) is 0 Å². The van der Waals surface area contributed by atoms with Crippen LogP contribution in [0.25, 0.3) is 11.3 Å². The number of amides is 1. The van der Waals surface area contributed by atoms with E-state index in [-0.39, 0.29) is 18.1 Å². The van der Waals surface area contributed by atoms with Gasteiger partial charge < -0.3 is 20.4 Å². The van der Waals surface area contributed by atoms with Crippen LogP contribution in [0.5, 0.6) is 0 Å². The van der Waals surface area contributed by atoms with Crippen molar-refractivity contribution in [3.63, 3.8) is 0 Å². The van der Waals surface area contributed by atoms with Gasteiger partial charge in [-0.3, -0.25) is 4.79 Å². The van der Waals surface area contributed by atoms with E-state index in [1.54, 1.807) is 12.0 Å². The predicted molar refractivity (Wildman–Crippen MR) is 85.5 cm³/mol. The first kappa shape index (κ1) is 14.8. The standard InChI is InChI=1S/C17H21N3O2/c1-22-16-11-20(10-9-13(16)18)17(21)15-8-7-14(19-15)12-5-3-2-4-6-12/h2-8,13,16,19H,9-11,18H2,1H3/t13-,16+/m1/s1. The first-order chi connectivity index (χ1) is 10.7. The first-order valence-corrected chi connectivity index (χ1v) is 7.51. The van der Waals surface area contributed by atoms with Crippen molar-refractivity contribution < 1.29 is 9.53 Å². The molecule has 0 radical (unpaired) electrons. The molecule has 1 aromatic heterocycles. The molecule has 1 aliphatic rings. The highest BCUT2D eigenvalue weighted by molar-refractivity contribution is 5.93. The summed E-state index contributed by atoms with van der Waals surface area (Å²) in [5, 5.41) is 0. The lowest BCUT2D eigenvalue weighted by molar-refractivity contribution is 0.0159. The SMILES string of the molecule is CO[C@H]1CN(C(=O)c2ccc(-c3ccccc3)[nH]2)CC[C@H]1N. The minimum atomic E-state index is -0.0961. The Labute approximate surface area is 130 Å². The molecule has 2 aromatic rings. The minimum absolute atomic E-state index is 0.00225. The predicted octanol–water partition coefficient (Wildman–Crippen LogP) is 1.87. The van der Waals surface area contributed by atoms with Crippen LogP contribution in [0.15, 0.2) is 42.5 Å². The smallest absolute Gasteiger partial charge is 0.270 e. The fourth-order valence-corrected chi connectivity index (χ4v) is 2.84. The van der Waals surface area contributed by atoms with Gasteiger partial charge in [-0.1, -0.05) is 30.3 Å². The summed E-state index contributed by atoms with van der Waals surface area (Å²) in [6.45, 7) is 1.20. The number of carbonyl (C=O) groups excluding carboxylic acids is 1. The second kappa shape index (κ2) is 6.34. The maximum Gasteiger partial charge on any atom is 0.270 e. The zero-order chi connectivity index (χ0) is 15.5. The lowest BCUT2D eigenvalue weighted by Crippen LogP contribution is -2.53. The zero-order valence-electron chi connectivity index (χ0n) is 12.7. The van der Waals surface area contributed by atoms with E-state index in [1.807, 2.05) is 42.5 Å². The number of nitrogens with zero attached hydrogens (tertiary/aromatic N) is 1. The second-order valence-electron chi connectivity index (χ2n) is 5.63. The van der Waals surface area contributed by atoms with E-state index in [1.165, 1.54) is 0 Å². The van der Waals surface area contributed by atoms with Crippen LogP contribution in [0, 0.1) is 0 Å². The van der Waals surface area contributed by atoms with E-state index >= 15 is 0 Å². The molecule has 116 valence electrons. The molecule has 1 fully saturated rings. The Kier molecular flexibility index (Phi) is 4.27. The fraction of sp³-hybridized carbons (Fsp3) is 0.353. The molecule has 3 N–H and O–H groups in total. The fourth-order valence-electron chi connectivity index (χ4n) is 2.84. The van der Waals surface area contributed by atoms with Crippen molar-refractivity contribution in [2.75, 3.05) is 20.2 Å². The van der Waals surface area contributed by atoms with Crippen molar-refractivity contribution in [1.29, 1.82) is 0 Å². The van der Waals surface area contributed by atoms with Gasteiger partial charge in [0.05, 0.1) is 6.10 Å². The van der Waals surface area contributed by atoms with Crippen molar-refractivity contribution in [3.05, 3.63) is 48.2 Å². The Bertz CT molecular complexity index is 638. The number of H-pyrrole nitrogens is 1. The highest BCUT2D eigenvalue weighted by atomic mass is 16.5. The van der Waals surface area contributed by atoms with Crippen LogP contribution in [0.1, 0.15) is 16.9 Å². The molecule has 1 aliphatic heterocycles. The summed E-state index contributed by atoms with van der Waals surface area (Å²) in [6.07, 6.45) is 0.664. The third-order valence-electron chi connectivity index (χ3n) is 4.20. The lowest BCUT2D eigenvalue weighted by Gasteiger charge is -2.35. The molecule has 0 aliphatic carbocycles. The van der Waals surface area contributed by atoms with E-state index in [0.29, 0.717) is 18.8 Å². The quantitative estimate of drug-likeness (QED) is 0.909. The van der Waals surface area contributed by atoms with Gasteiger partial charge in [-0.15, -0.1) is 0 Å². The van der Waals surface area contributed by atoms with E-state index < -0.39 is 0 Å². The molecule has 0 saturated carbocycles. The van der Waals surface area contributed by atoms with Crippen LogP contribution < -0.4 is 5.73 Å². The topological polar surface area (TPSA) is 71.3 Å². The van der Waals surface area contributed by atoms with E-state index in [0.717, 1.165) is 17.7 Å². The second-order valence-corrected chi connectivity index (χ2v) is 5.63. The monoisotopic (exact) mass is 299 g/mol. The van der Waals surface area contributed by atoms with Gasteiger partial charge in [0.1, 0.15) is 5.69 Å². The van der Waals surface area contributed by atoms with Crippen molar-refractivity contribution in [2.45, 2.75) is 18.6 Å². The Morgan fingerprint density at radius 2 is 2.05 bits per heavy atom. The third-order valence-corrected chi connectivity index (χ3v) is 4.20. The molecule has 2 heterocycles. The summed E-state index contributed by atoms with van der Waals surface area (Å²) in [5.74, 6) is -0.00358. The van der Waals surface area contributed by atoms with Crippen molar-refractivity contribution >= 4 is 5.91 Å². The van der Waals surface area contributed by atoms with Crippen LogP contribution in [0.3, 0.4) is 0 Å². The van der Waals surface area contributed by atoms with E-state index in [9.17, 15) is 4.79 Å². The van der Waals surface area contributed by atoms with Crippen molar-refractivity contribution in [1.82, 2.24) is 9.88 Å². The number of nitrogens with one attached hydrogen (secondary N) is 1. The summed E-state index contributed by atoms with van der Waals surface area (Å²) < 4.78 is 5.37. The summed E-state index contributed by atoms with van der Waals surface area (Å²) in [7, 11) is 1.64. The van der Waals surface area contributed by atoms with Crippen LogP contribution in [-0.4, -0.2) is 48.1 Å². The average Bonchev–Trinajstić information content (AvgIpc) is 3.05. The van der Waals surface area contributed by atoms with Crippen LogP contribution >= 0.6 is 0 Å². The Balaban J connectivity index is 1.75. The highest BCUT2D eigenvalue weighted by Crippen LogP contribution is 2.20. The summed E-state index contributed by atoms with van der Waals surface area (Å²) in [6, 6.07) is 13.7. The zero-order valence-corrected chi connectivity index (χ0v) is 12.7. The van der Waals surface area contributed by atoms with E-state index in [4.69, 9.17) is 10.5 Å². The molecule has 0 unspecified atom stereocenters. The number of rotatable bonds is 3. The number of nitrogens with two attached hydrogens (primary N) is 1. The Hall–Kier alpha value is -2.11. The molecule has 1 aromatic carbocycles. The van der Waals surface area contributed by atoms with Gasteiger partial charge in [0.15, 0.2) is 0 Å². The van der Waals surface area contributed by atoms with Gasteiger partial charge in [-0.2, -0.15) is 0 Å². The van der Waals surface area contributed by atoms with Gasteiger partial charge in [-0.25, -0.2) is 0 Å². The third kappa shape index (κ3) is 2.91. The molecule has 22 heavy (non-hydrogen) atoms. The highest BCUT2D eigenvalue weighted by Gasteiger charge is 2.30. The largest absolute Gasteiger partial charge is 0.378 e. The number of likely N-dealkylation sites (tertiary alicyclic amines) is 1. The molecule has 0 bridgehead atoms. The van der Waals surface area contributed by atoms with Gasteiger partial charge in [0, 0.05) is 31.9 Å². The van der Waals surface area contributed by atoms with Gasteiger partial charge in [0.25, 0.3) is 5.91 Å². The molecule has 1 saturated heterocycles. The normalized spacial score (nSPS) is 21.8. The van der Waals surface area contributed by atoms with Crippen molar-refractivity contribution in [2.24, 2.45) is 5.73 Å². The number of aromatic amines is 1. The number of piperidine rings is 1. The average molecular weight is 299 g/mol. The number of methoxy groups -OCH3 is 1. The maximum atomic E-state index is 12.6. The number of carbonyl (C=O) groups is 1. The maximum absolute atomic E-state index is 12.6. The lowest BCUT2D eigenvalue weighted by atomic mass is 10.0. The molecule has 2 atom stereocenters. The molecule has 5 heteroatoms. The Morgan fingerprint density at radius 3 is 2.77 bits per heavy atom. The minimum Gasteiger partial charge on any atom is -0.378 e. The molecular weight excluding hydrogens is 278 g/mol. The number of hydrogen-bond acceptors (Lipinski definition) is 3. The van der Waals surface area contributed by atoms with E-state index in [2.05, 4.69) is 4.98 Å². The Morgan fingerprint density at radius 1 is 1.27 bits per heavy atom. The molecule has 3 rings (SSSR count). The van der Waals surface area contributed by atoms with Gasteiger partial charge in [-0.05, 0) is 24.1 Å². The molecular formula is C17H21N3O2. The molecule has 0 spiro atoms. The molecule has 5 nitrogen and oxygen atoms in total. The number of hydrogen-bond donors (Lipinski definition) is 2. The summed E-state index contributed by atoms with van der Waals surface area (Å²) in [4.78, 5) is 17.6. The molecule has 1 amide bonds. The van der Waals surface area contributed by atoms with Gasteiger partial charge in [0.2, 0.25) is 0 Å². The van der Waals surface area contributed by atoms with Gasteiger partial charge >= 0.3 is 0 Å². The number of ether oxygens (including phenoxy) is 1.